The second-order valence-corrected chi connectivity index (χ2v) is 8.34. The Balaban J connectivity index is 1.85. The number of likely N-dealkylation sites (N-methyl/N-ethyl adjacent to an activating group) is 1. The Morgan fingerprint density at radius 3 is 2.32 bits per heavy atom. The van der Waals surface area contributed by atoms with Crippen molar-refractivity contribution >= 4 is 46.4 Å². The summed E-state index contributed by atoms with van der Waals surface area (Å²) in [6, 6.07) is 6.41. The van der Waals surface area contributed by atoms with E-state index < -0.39 is 29.5 Å². The third-order valence-corrected chi connectivity index (χ3v) is 5.48. The Bertz CT molecular complexity index is 1160. The summed E-state index contributed by atoms with van der Waals surface area (Å²) >= 11 is 11.6. The van der Waals surface area contributed by atoms with Gasteiger partial charge in [-0.1, -0.05) is 29.3 Å². The van der Waals surface area contributed by atoms with Gasteiger partial charge in [0.1, 0.15) is 12.6 Å². The molecular weight excluding hydrogens is 496 g/mol. The van der Waals surface area contributed by atoms with Gasteiger partial charge in [0.2, 0.25) is 0 Å². The van der Waals surface area contributed by atoms with Crippen molar-refractivity contribution in [2.45, 2.75) is 26.1 Å². The third-order valence-electron chi connectivity index (χ3n) is 5.04. The lowest BCUT2D eigenvalue weighted by Crippen LogP contribution is -2.42. The van der Waals surface area contributed by atoms with Crippen LogP contribution in [0.15, 0.2) is 42.5 Å². The first kappa shape index (κ1) is 25.7. The SMILES string of the molecule is CCN1OCC(NC(=O)c2ccc(C(=O)/C=C(/c3cc(Cl)cc(Cl)c3)C(F)(F)F)cc2C)C1=O. The van der Waals surface area contributed by atoms with Crippen LogP contribution in [0, 0.1) is 6.92 Å². The molecule has 1 N–H and O–H groups in total. The van der Waals surface area contributed by atoms with Gasteiger partial charge in [-0.15, -0.1) is 0 Å². The summed E-state index contributed by atoms with van der Waals surface area (Å²) in [7, 11) is 0. The molecule has 0 aliphatic carbocycles. The van der Waals surface area contributed by atoms with E-state index in [2.05, 4.69) is 5.32 Å². The number of ketones is 1. The van der Waals surface area contributed by atoms with E-state index in [1.54, 1.807) is 6.92 Å². The standard InChI is InChI=1S/C23H19Cl2F3N2O4/c1-3-30-22(33)19(11-34-30)29-21(32)17-5-4-13(6-12(17)2)20(31)10-18(23(26,27)28)14-7-15(24)9-16(25)8-14/h4-10,19H,3,11H2,1-2H3,(H,29,32)/b18-10-. The number of nitrogens with one attached hydrogen (secondary N) is 1. The number of alkyl halides is 3. The van der Waals surface area contributed by atoms with Gasteiger partial charge in [-0.2, -0.15) is 13.2 Å². The van der Waals surface area contributed by atoms with Crippen LogP contribution in [0.5, 0.6) is 0 Å². The number of allylic oxidation sites excluding steroid dienone is 2. The summed E-state index contributed by atoms with van der Waals surface area (Å²) in [6.45, 7) is 3.58. The zero-order chi connectivity index (χ0) is 25.2. The van der Waals surface area contributed by atoms with Gasteiger partial charge in [0.05, 0.1) is 5.57 Å². The van der Waals surface area contributed by atoms with Crippen LogP contribution in [-0.2, 0) is 9.63 Å². The zero-order valence-corrected chi connectivity index (χ0v) is 19.5. The predicted molar refractivity (Wildman–Crippen MR) is 121 cm³/mol. The van der Waals surface area contributed by atoms with Crippen LogP contribution in [0.4, 0.5) is 13.2 Å². The Morgan fingerprint density at radius 2 is 1.79 bits per heavy atom. The minimum absolute atomic E-state index is 0.00738. The summed E-state index contributed by atoms with van der Waals surface area (Å²) in [5.41, 5.74) is -1.10. The molecule has 1 unspecified atom stereocenters. The molecule has 0 radical (unpaired) electrons. The zero-order valence-electron chi connectivity index (χ0n) is 18.0. The van der Waals surface area contributed by atoms with Crippen LogP contribution in [0.25, 0.3) is 5.57 Å². The molecule has 1 atom stereocenters. The number of amides is 2. The minimum atomic E-state index is -4.85. The van der Waals surface area contributed by atoms with Crippen molar-refractivity contribution in [3.63, 3.8) is 0 Å². The number of halogens is 5. The summed E-state index contributed by atoms with van der Waals surface area (Å²) in [6.07, 6.45) is -4.38. The van der Waals surface area contributed by atoms with E-state index in [1.165, 1.54) is 31.2 Å². The fourth-order valence-corrected chi connectivity index (χ4v) is 3.91. The molecule has 180 valence electrons. The molecule has 0 saturated carbocycles. The van der Waals surface area contributed by atoms with Crippen LogP contribution in [0.1, 0.15) is 38.8 Å². The van der Waals surface area contributed by atoms with Gasteiger partial charge < -0.3 is 5.32 Å². The Labute approximate surface area is 203 Å². The molecule has 3 rings (SSSR count). The molecule has 1 fully saturated rings. The molecule has 0 bridgehead atoms. The fraction of sp³-hybridized carbons (Fsp3) is 0.261. The molecule has 1 heterocycles. The number of hydrogen-bond acceptors (Lipinski definition) is 4. The van der Waals surface area contributed by atoms with Crippen LogP contribution in [-0.4, -0.2) is 48.0 Å². The monoisotopic (exact) mass is 514 g/mol. The second-order valence-electron chi connectivity index (χ2n) is 7.46. The van der Waals surface area contributed by atoms with Gasteiger partial charge in [-0.05, 0) is 61.4 Å². The summed E-state index contributed by atoms with van der Waals surface area (Å²) in [5, 5.41) is 3.67. The van der Waals surface area contributed by atoms with E-state index in [1.807, 2.05) is 0 Å². The van der Waals surface area contributed by atoms with Gasteiger partial charge in [0, 0.05) is 27.7 Å². The highest BCUT2D eigenvalue weighted by Crippen LogP contribution is 2.36. The van der Waals surface area contributed by atoms with Crippen LogP contribution >= 0.6 is 23.2 Å². The highest BCUT2D eigenvalue weighted by atomic mass is 35.5. The Kier molecular flexibility index (Phi) is 7.70. The highest BCUT2D eigenvalue weighted by molar-refractivity contribution is 6.35. The molecule has 2 aromatic rings. The molecule has 2 amide bonds. The first-order chi connectivity index (χ1) is 15.9. The molecule has 34 heavy (non-hydrogen) atoms. The van der Waals surface area contributed by atoms with Gasteiger partial charge in [0.25, 0.3) is 11.8 Å². The maximum absolute atomic E-state index is 13.7. The maximum atomic E-state index is 13.7. The van der Waals surface area contributed by atoms with Crippen LogP contribution in [0.3, 0.4) is 0 Å². The topological polar surface area (TPSA) is 75.7 Å². The van der Waals surface area contributed by atoms with Crippen LogP contribution in [0.2, 0.25) is 10.0 Å². The Morgan fingerprint density at radius 1 is 1.15 bits per heavy atom. The third kappa shape index (κ3) is 5.78. The summed E-state index contributed by atoms with van der Waals surface area (Å²) in [5.74, 6) is -1.88. The van der Waals surface area contributed by atoms with Crippen LogP contribution < -0.4 is 5.32 Å². The number of carbonyl (C=O) groups is 3. The quantitative estimate of drug-likeness (QED) is 0.433. The molecule has 0 aromatic heterocycles. The normalized spacial score (nSPS) is 16.7. The van der Waals surface area contributed by atoms with Crippen molar-refractivity contribution in [1.29, 1.82) is 0 Å². The largest absolute Gasteiger partial charge is 0.417 e. The van der Waals surface area contributed by atoms with E-state index in [0.29, 0.717) is 18.2 Å². The first-order valence-corrected chi connectivity index (χ1v) is 10.8. The molecule has 1 saturated heterocycles. The number of hydroxylamine groups is 2. The van der Waals surface area contributed by atoms with Gasteiger partial charge in [0.15, 0.2) is 5.78 Å². The van der Waals surface area contributed by atoms with Crippen molar-refractivity contribution in [1.82, 2.24) is 10.4 Å². The van der Waals surface area contributed by atoms with E-state index in [0.717, 1.165) is 17.2 Å². The second kappa shape index (κ2) is 10.2. The molecule has 6 nitrogen and oxygen atoms in total. The van der Waals surface area contributed by atoms with E-state index in [9.17, 15) is 27.6 Å². The molecule has 1 aliphatic heterocycles. The van der Waals surface area contributed by atoms with Crippen molar-refractivity contribution in [3.8, 4) is 0 Å². The van der Waals surface area contributed by atoms with E-state index in [4.69, 9.17) is 28.0 Å². The average molecular weight is 515 g/mol. The molecular formula is C23H19Cl2F3N2O4. The lowest BCUT2D eigenvalue weighted by molar-refractivity contribution is -0.160. The maximum Gasteiger partial charge on any atom is 0.417 e. The van der Waals surface area contributed by atoms with Gasteiger partial charge in [-0.3, -0.25) is 19.2 Å². The minimum Gasteiger partial charge on any atom is -0.338 e. The van der Waals surface area contributed by atoms with Crippen molar-refractivity contribution in [2.75, 3.05) is 13.2 Å². The van der Waals surface area contributed by atoms with Crippen molar-refractivity contribution < 1.29 is 32.4 Å². The van der Waals surface area contributed by atoms with E-state index in [-0.39, 0.29) is 39.2 Å². The van der Waals surface area contributed by atoms with Crippen molar-refractivity contribution in [3.05, 3.63) is 74.8 Å². The summed E-state index contributed by atoms with van der Waals surface area (Å²) < 4.78 is 41.0. The van der Waals surface area contributed by atoms with Gasteiger partial charge in [-0.25, -0.2) is 5.06 Å². The number of hydrogen-bond donors (Lipinski definition) is 1. The highest BCUT2D eigenvalue weighted by Gasteiger charge is 2.36. The number of rotatable bonds is 6. The van der Waals surface area contributed by atoms with E-state index >= 15 is 0 Å². The number of nitrogens with zero attached hydrogens (tertiary/aromatic N) is 1. The smallest absolute Gasteiger partial charge is 0.338 e. The lowest BCUT2D eigenvalue weighted by Gasteiger charge is -2.14. The van der Waals surface area contributed by atoms with Crippen molar-refractivity contribution in [2.24, 2.45) is 0 Å². The number of aryl methyl sites for hydroxylation is 1. The number of carbonyl (C=O) groups excluding carboxylic acids is 3. The fourth-order valence-electron chi connectivity index (χ4n) is 3.38. The molecule has 11 heteroatoms. The Hall–Kier alpha value is -2.88. The predicted octanol–water partition coefficient (Wildman–Crippen LogP) is 5.02. The molecule has 2 aromatic carbocycles. The average Bonchev–Trinajstić information content (AvgIpc) is 3.09. The molecule has 0 spiro atoms. The lowest BCUT2D eigenvalue weighted by atomic mass is 9.98. The number of benzene rings is 2. The summed E-state index contributed by atoms with van der Waals surface area (Å²) in [4.78, 5) is 42.5. The van der Waals surface area contributed by atoms with Gasteiger partial charge >= 0.3 is 6.18 Å². The first-order valence-electron chi connectivity index (χ1n) is 10.1. The molecule has 1 aliphatic rings.